The second-order valence-electron chi connectivity index (χ2n) is 5.21. The van der Waals surface area contributed by atoms with Crippen molar-refractivity contribution in [2.24, 2.45) is 5.73 Å². The van der Waals surface area contributed by atoms with E-state index in [2.05, 4.69) is 19.9 Å². The lowest BCUT2D eigenvalue weighted by molar-refractivity contribution is 0.0971. The molecule has 3 aromatic rings. The van der Waals surface area contributed by atoms with Gasteiger partial charge >= 0.3 is 0 Å². The van der Waals surface area contributed by atoms with Gasteiger partial charge in [-0.15, -0.1) is 0 Å². The molecule has 2 amide bonds. The highest BCUT2D eigenvalue weighted by Crippen LogP contribution is 2.32. The van der Waals surface area contributed by atoms with E-state index in [1.165, 1.54) is 25.6 Å². The van der Waals surface area contributed by atoms with Crippen LogP contribution in [0.25, 0.3) is 11.6 Å². The maximum atomic E-state index is 12.2. The molecule has 0 fully saturated rings. The molecular weight excluding hydrogens is 388 g/mol. The molecule has 0 aliphatic heterocycles. The van der Waals surface area contributed by atoms with Crippen molar-refractivity contribution in [3.05, 3.63) is 54.1 Å². The van der Waals surface area contributed by atoms with E-state index in [9.17, 15) is 9.59 Å². The number of nitrogens with zero attached hydrogens (tertiary/aromatic N) is 4. The zero-order valence-corrected chi connectivity index (χ0v) is 15.2. The number of aromatic nitrogens is 4. The number of hydrogen-bond donors (Lipinski definition) is 2. The minimum atomic E-state index is -0.737. The number of methoxy groups -OCH3 is 1. The molecule has 0 aliphatic carbocycles. The fourth-order valence-electron chi connectivity index (χ4n) is 2.19. The van der Waals surface area contributed by atoms with E-state index in [-0.39, 0.29) is 28.8 Å². The second kappa shape index (κ2) is 8.27. The van der Waals surface area contributed by atoms with Crippen molar-refractivity contribution in [1.29, 1.82) is 0 Å². The molecule has 3 N–H and O–H groups in total. The summed E-state index contributed by atoms with van der Waals surface area (Å²) < 4.78 is 10.9. The number of carbonyl (C=O) groups is 2. The standard InChI is InChI=1S/C17H13ClN6O4/c1-27-10-4-2-3-5-11(10)28-12-8-21-16(23-13(12)17(26)24-18)15-20-7-6-9(22-15)14(19)25/h2-8H,1H3,(H2,19,25)(H,24,26). The van der Waals surface area contributed by atoms with E-state index in [1.54, 1.807) is 24.3 Å². The predicted octanol–water partition coefficient (Wildman–Crippen LogP) is 1.72. The summed E-state index contributed by atoms with van der Waals surface area (Å²) in [6.45, 7) is 0. The lowest BCUT2D eigenvalue weighted by atomic mass is 10.3. The van der Waals surface area contributed by atoms with Crippen LogP contribution in [-0.2, 0) is 0 Å². The summed E-state index contributed by atoms with van der Waals surface area (Å²) in [7, 11) is 1.48. The fraction of sp³-hybridized carbons (Fsp3) is 0.0588. The van der Waals surface area contributed by atoms with Gasteiger partial charge in [0.1, 0.15) is 5.69 Å². The number of carbonyl (C=O) groups excluding carboxylic acids is 2. The van der Waals surface area contributed by atoms with Gasteiger partial charge < -0.3 is 15.2 Å². The fourth-order valence-corrected chi connectivity index (χ4v) is 2.28. The van der Waals surface area contributed by atoms with Crippen molar-refractivity contribution in [1.82, 2.24) is 24.8 Å². The van der Waals surface area contributed by atoms with E-state index in [0.29, 0.717) is 11.5 Å². The van der Waals surface area contributed by atoms with Gasteiger partial charge in [0, 0.05) is 18.0 Å². The first-order chi connectivity index (χ1) is 13.5. The highest BCUT2D eigenvalue weighted by atomic mass is 35.5. The van der Waals surface area contributed by atoms with Crippen molar-refractivity contribution >= 4 is 23.6 Å². The van der Waals surface area contributed by atoms with E-state index in [4.69, 9.17) is 27.0 Å². The average Bonchev–Trinajstić information content (AvgIpc) is 2.74. The van der Waals surface area contributed by atoms with Gasteiger partial charge in [0.2, 0.25) is 0 Å². The van der Waals surface area contributed by atoms with Gasteiger partial charge in [-0.1, -0.05) is 12.1 Å². The van der Waals surface area contributed by atoms with Crippen molar-refractivity contribution in [2.75, 3.05) is 7.11 Å². The Bertz CT molecular complexity index is 1050. The summed E-state index contributed by atoms with van der Waals surface area (Å²) in [6, 6.07) is 8.18. The monoisotopic (exact) mass is 400 g/mol. The van der Waals surface area contributed by atoms with Crippen LogP contribution in [0.4, 0.5) is 0 Å². The first kappa shape index (κ1) is 19.0. The Morgan fingerprint density at radius 2 is 1.75 bits per heavy atom. The molecule has 0 spiro atoms. The number of nitrogens with one attached hydrogen (secondary N) is 1. The number of hydrogen-bond acceptors (Lipinski definition) is 8. The molecule has 142 valence electrons. The Balaban J connectivity index is 2.04. The van der Waals surface area contributed by atoms with Crippen LogP contribution >= 0.6 is 11.8 Å². The number of halogens is 1. The Morgan fingerprint density at radius 1 is 1.04 bits per heavy atom. The third-order valence-electron chi connectivity index (χ3n) is 3.45. The Kier molecular flexibility index (Phi) is 5.61. The molecule has 0 saturated heterocycles. The third-order valence-corrected chi connectivity index (χ3v) is 3.62. The molecule has 10 nitrogen and oxygen atoms in total. The SMILES string of the molecule is COc1ccccc1Oc1cnc(-c2nccc(C(N)=O)n2)nc1C(=O)NCl. The van der Waals surface area contributed by atoms with Crippen LogP contribution in [0.3, 0.4) is 0 Å². The lowest BCUT2D eigenvalue weighted by Gasteiger charge is -2.12. The quantitative estimate of drug-likeness (QED) is 0.595. The number of nitrogens with two attached hydrogens (primary N) is 1. The average molecular weight is 401 g/mol. The smallest absolute Gasteiger partial charge is 0.288 e. The molecule has 1 aromatic carbocycles. The molecule has 2 heterocycles. The van der Waals surface area contributed by atoms with Crippen molar-refractivity contribution in [2.45, 2.75) is 0 Å². The Hall–Kier alpha value is -3.79. The zero-order valence-electron chi connectivity index (χ0n) is 14.4. The number of benzene rings is 1. The summed E-state index contributed by atoms with van der Waals surface area (Å²) >= 11 is 5.45. The van der Waals surface area contributed by atoms with Crippen molar-refractivity contribution < 1.29 is 19.1 Å². The highest BCUT2D eigenvalue weighted by Gasteiger charge is 2.20. The molecule has 28 heavy (non-hydrogen) atoms. The van der Waals surface area contributed by atoms with E-state index in [0.717, 1.165) is 0 Å². The molecule has 3 rings (SSSR count). The van der Waals surface area contributed by atoms with Crippen LogP contribution in [0.1, 0.15) is 21.0 Å². The van der Waals surface area contributed by atoms with E-state index >= 15 is 0 Å². The van der Waals surface area contributed by atoms with Gasteiger partial charge in [0.15, 0.2) is 34.6 Å². The number of ether oxygens (including phenoxy) is 2. The molecular formula is C17H13ClN6O4. The van der Waals surface area contributed by atoms with Crippen LogP contribution in [-0.4, -0.2) is 38.9 Å². The van der Waals surface area contributed by atoms with Crippen LogP contribution in [0, 0.1) is 0 Å². The molecule has 0 aliphatic rings. The number of primary amides is 1. The molecule has 0 saturated carbocycles. The summed E-state index contributed by atoms with van der Waals surface area (Å²) in [5, 5.41) is 0. The molecule has 11 heteroatoms. The van der Waals surface area contributed by atoms with Crippen LogP contribution in [0.5, 0.6) is 17.2 Å². The highest BCUT2D eigenvalue weighted by molar-refractivity contribution is 6.24. The summed E-state index contributed by atoms with van der Waals surface area (Å²) in [6.07, 6.45) is 2.59. The molecule has 0 atom stereocenters. The topological polar surface area (TPSA) is 142 Å². The third kappa shape index (κ3) is 3.96. The van der Waals surface area contributed by atoms with Crippen molar-refractivity contribution in [3.8, 4) is 28.9 Å². The van der Waals surface area contributed by atoms with Gasteiger partial charge in [0.05, 0.1) is 13.3 Å². The minimum Gasteiger partial charge on any atom is -0.493 e. The maximum Gasteiger partial charge on any atom is 0.288 e. The van der Waals surface area contributed by atoms with Gasteiger partial charge in [-0.05, 0) is 18.2 Å². The Morgan fingerprint density at radius 3 is 2.43 bits per heavy atom. The summed E-state index contributed by atoms with van der Waals surface area (Å²) in [5.41, 5.74) is 5.02. The van der Waals surface area contributed by atoms with E-state index < -0.39 is 11.8 Å². The number of para-hydroxylation sites is 2. The normalized spacial score (nSPS) is 10.2. The number of amides is 2. The van der Waals surface area contributed by atoms with E-state index in [1.807, 2.05) is 4.84 Å². The zero-order chi connectivity index (χ0) is 20.1. The molecule has 0 unspecified atom stereocenters. The first-order valence-corrected chi connectivity index (χ1v) is 8.13. The van der Waals surface area contributed by atoms with Crippen molar-refractivity contribution in [3.63, 3.8) is 0 Å². The number of rotatable bonds is 6. The van der Waals surface area contributed by atoms with Gasteiger partial charge in [-0.25, -0.2) is 19.9 Å². The molecule has 0 bridgehead atoms. The molecule has 0 radical (unpaired) electrons. The first-order valence-electron chi connectivity index (χ1n) is 7.75. The summed E-state index contributed by atoms with van der Waals surface area (Å²) in [5.74, 6) is -0.676. The maximum absolute atomic E-state index is 12.2. The second-order valence-corrected chi connectivity index (χ2v) is 5.40. The van der Waals surface area contributed by atoms with Crippen LogP contribution < -0.4 is 20.0 Å². The van der Waals surface area contributed by atoms with Gasteiger partial charge in [0.25, 0.3) is 11.8 Å². The summed E-state index contributed by atoms with van der Waals surface area (Å²) in [4.78, 5) is 41.6. The largest absolute Gasteiger partial charge is 0.493 e. The lowest BCUT2D eigenvalue weighted by Crippen LogP contribution is -2.17. The minimum absolute atomic E-state index is 0.00349. The van der Waals surface area contributed by atoms with Gasteiger partial charge in [-0.2, -0.15) is 0 Å². The van der Waals surface area contributed by atoms with Crippen LogP contribution in [0.15, 0.2) is 42.7 Å². The van der Waals surface area contributed by atoms with Crippen LogP contribution in [0.2, 0.25) is 0 Å². The van der Waals surface area contributed by atoms with Gasteiger partial charge in [-0.3, -0.25) is 14.4 Å². The molecule has 2 aromatic heterocycles. The Labute approximate surface area is 163 Å². The predicted molar refractivity (Wildman–Crippen MR) is 98.0 cm³/mol.